The quantitative estimate of drug-likeness (QED) is 0.857. The zero-order valence-corrected chi connectivity index (χ0v) is 13.4. The van der Waals surface area contributed by atoms with Crippen molar-refractivity contribution in [3.63, 3.8) is 0 Å². The van der Waals surface area contributed by atoms with Crippen molar-refractivity contribution in [2.24, 2.45) is 11.8 Å². The van der Waals surface area contributed by atoms with Crippen LogP contribution < -0.4 is 4.90 Å². The molecule has 0 aromatic carbocycles. The van der Waals surface area contributed by atoms with E-state index in [1.54, 1.807) is 12.4 Å². The topological polar surface area (TPSA) is 56.1 Å². The standard InChI is InChI=1S/C17H25N5/c1-14-4-9-21(10-5-14)12-15-3-2-8-22(13-15)17-16(11-18)19-6-7-20-17/h6-7,14-15H,2-5,8-10,12-13H2,1H3. The van der Waals surface area contributed by atoms with Gasteiger partial charge in [0.2, 0.25) is 0 Å². The fourth-order valence-corrected chi connectivity index (χ4v) is 3.66. The maximum atomic E-state index is 9.21. The molecular formula is C17H25N5. The maximum absolute atomic E-state index is 9.21. The predicted octanol–water partition coefficient (Wildman–Crippen LogP) is 2.30. The highest BCUT2D eigenvalue weighted by atomic mass is 15.2. The molecule has 2 aliphatic heterocycles. The van der Waals surface area contributed by atoms with E-state index >= 15 is 0 Å². The Morgan fingerprint density at radius 3 is 2.73 bits per heavy atom. The van der Waals surface area contributed by atoms with Gasteiger partial charge in [0.15, 0.2) is 11.5 Å². The zero-order chi connectivity index (χ0) is 15.4. The lowest BCUT2D eigenvalue weighted by atomic mass is 9.94. The number of nitrogens with zero attached hydrogens (tertiary/aromatic N) is 5. The first kappa shape index (κ1) is 15.2. The Hall–Kier alpha value is -1.67. The predicted molar refractivity (Wildman–Crippen MR) is 86.5 cm³/mol. The zero-order valence-electron chi connectivity index (χ0n) is 13.4. The van der Waals surface area contributed by atoms with Gasteiger partial charge in [0.1, 0.15) is 6.07 Å². The molecule has 1 unspecified atom stereocenters. The molecule has 3 heterocycles. The van der Waals surface area contributed by atoms with Crippen LogP contribution >= 0.6 is 0 Å². The minimum absolute atomic E-state index is 0.454. The summed E-state index contributed by atoms with van der Waals surface area (Å²) in [6, 6.07) is 2.17. The summed E-state index contributed by atoms with van der Waals surface area (Å²) in [5.41, 5.74) is 0.454. The van der Waals surface area contributed by atoms with E-state index in [1.165, 1.54) is 45.3 Å². The fraction of sp³-hybridized carbons (Fsp3) is 0.706. The van der Waals surface area contributed by atoms with Gasteiger partial charge in [-0.1, -0.05) is 6.92 Å². The minimum atomic E-state index is 0.454. The molecule has 3 rings (SSSR count). The van der Waals surface area contributed by atoms with E-state index in [1.807, 2.05) is 0 Å². The van der Waals surface area contributed by atoms with Gasteiger partial charge in [-0.05, 0) is 50.6 Å². The molecular weight excluding hydrogens is 274 g/mol. The van der Waals surface area contributed by atoms with Gasteiger partial charge in [0, 0.05) is 32.0 Å². The van der Waals surface area contributed by atoms with Crippen LogP contribution in [0.1, 0.15) is 38.3 Å². The smallest absolute Gasteiger partial charge is 0.183 e. The Morgan fingerprint density at radius 2 is 1.95 bits per heavy atom. The molecule has 1 atom stereocenters. The summed E-state index contributed by atoms with van der Waals surface area (Å²) in [6.45, 7) is 8.02. The van der Waals surface area contributed by atoms with E-state index in [2.05, 4.69) is 32.8 Å². The summed E-state index contributed by atoms with van der Waals surface area (Å²) < 4.78 is 0. The van der Waals surface area contributed by atoms with Crippen LogP contribution in [0.4, 0.5) is 5.82 Å². The molecule has 2 fully saturated rings. The van der Waals surface area contributed by atoms with Crippen LogP contribution in [-0.2, 0) is 0 Å². The molecule has 0 bridgehead atoms. The molecule has 0 saturated carbocycles. The number of likely N-dealkylation sites (tertiary alicyclic amines) is 1. The van der Waals surface area contributed by atoms with Gasteiger partial charge < -0.3 is 9.80 Å². The van der Waals surface area contributed by atoms with E-state index in [4.69, 9.17) is 0 Å². The normalized spacial score (nSPS) is 24.2. The van der Waals surface area contributed by atoms with Crippen molar-refractivity contribution in [3.05, 3.63) is 18.1 Å². The van der Waals surface area contributed by atoms with Crippen molar-refractivity contribution >= 4 is 5.82 Å². The van der Waals surface area contributed by atoms with E-state index in [-0.39, 0.29) is 0 Å². The number of aromatic nitrogens is 2. The molecule has 2 saturated heterocycles. The molecule has 0 aliphatic carbocycles. The third-order valence-electron chi connectivity index (χ3n) is 5.00. The molecule has 22 heavy (non-hydrogen) atoms. The molecule has 1 aromatic heterocycles. The van der Waals surface area contributed by atoms with E-state index in [9.17, 15) is 5.26 Å². The number of anilines is 1. The van der Waals surface area contributed by atoms with Gasteiger partial charge in [-0.15, -0.1) is 0 Å². The molecule has 5 nitrogen and oxygen atoms in total. The number of hydrogen-bond acceptors (Lipinski definition) is 5. The fourth-order valence-electron chi connectivity index (χ4n) is 3.66. The lowest BCUT2D eigenvalue weighted by Gasteiger charge is -2.38. The lowest BCUT2D eigenvalue weighted by molar-refractivity contribution is 0.159. The average Bonchev–Trinajstić information content (AvgIpc) is 2.57. The average molecular weight is 299 g/mol. The molecule has 0 N–H and O–H groups in total. The van der Waals surface area contributed by atoms with E-state index < -0.39 is 0 Å². The Morgan fingerprint density at radius 1 is 1.18 bits per heavy atom. The van der Waals surface area contributed by atoms with Crippen molar-refractivity contribution in [1.29, 1.82) is 5.26 Å². The van der Waals surface area contributed by atoms with Gasteiger partial charge in [0.25, 0.3) is 0 Å². The van der Waals surface area contributed by atoms with Crippen molar-refractivity contribution < 1.29 is 0 Å². The number of rotatable bonds is 3. The second-order valence-corrected chi connectivity index (χ2v) is 6.78. The van der Waals surface area contributed by atoms with Crippen molar-refractivity contribution in [3.8, 4) is 6.07 Å². The summed E-state index contributed by atoms with van der Waals surface area (Å²) in [4.78, 5) is 13.4. The highest BCUT2D eigenvalue weighted by molar-refractivity contribution is 5.49. The monoisotopic (exact) mass is 299 g/mol. The first-order chi connectivity index (χ1) is 10.8. The number of piperidine rings is 2. The molecule has 0 amide bonds. The summed E-state index contributed by atoms with van der Waals surface area (Å²) >= 11 is 0. The van der Waals surface area contributed by atoms with Gasteiger partial charge in [0.05, 0.1) is 0 Å². The maximum Gasteiger partial charge on any atom is 0.183 e. The third-order valence-corrected chi connectivity index (χ3v) is 5.00. The van der Waals surface area contributed by atoms with E-state index in [0.29, 0.717) is 11.6 Å². The molecule has 0 radical (unpaired) electrons. The third kappa shape index (κ3) is 3.56. The summed E-state index contributed by atoms with van der Waals surface area (Å²) in [7, 11) is 0. The highest BCUT2D eigenvalue weighted by Gasteiger charge is 2.26. The van der Waals surface area contributed by atoms with Crippen LogP contribution in [0.3, 0.4) is 0 Å². The number of hydrogen-bond donors (Lipinski definition) is 0. The van der Waals surface area contributed by atoms with Crippen molar-refractivity contribution in [2.45, 2.75) is 32.6 Å². The SMILES string of the molecule is CC1CCN(CC2CCCN(c3nccnc3C#N)C2)CC1. The van der Waals surface area contributed by atoms with Gasteiger partial charge in [-0.3, -0.25) is 0 Å². The molecule has 1 aromatic rings. The van der Waals surface area contributed by atoms with Gasteiger partial charge in [-0.25, -0.2) is 9.97 Å². The van der Waals surface area contributed by atoms with Crippen LogP contribution in [0.5, 0.6) is 0 Å². The minimum Gasteiger partial charge on any atom is -0.354 e. The summed E-state index contributed by atoms with van der Waals surface area (Å²) in [5.74, 6) is 2.33. The van der Waals surface area contributed by atoms with Crippen LogP contribution in [-0.4, -0.2) is 47.6 Å². The van der Waals surface area contributed by atoms with Gasteiger partial charge >= 0.3 is 0 Å². The highest BCUT2D eigenvalue weighted by Crippen LogP contribution is 2.25. The lowest BCUT2D eigenvalue weighted by Crippen LogP contribution is -2.43. The number of nitriles is 1. The van der Waals surface area contributed by atoms with Gasteiger partial charge in [-0.2, -0.15) is 5.26 Å². The second kappa shape index (κ2) is 7.06. The Bertz CT molecular complexity index is 530. The molecule has 2 aliphatic rings. The molecule has 118 valence electrons. The first-order valence-electron chi connectivity index (χ1n) is 8.44. The van der Waals surface area contributed by atoms with Crippen LogP contribution in [0.15, 0.2) is 12.4 Å². The van der Waals surface area contributed by atoms with Crippen molar-refractivity contribution in [1.82, 2.24) is 14.9 Å². The van der Waals surface area contributed by atoms with Crippen LogP contribution in [0.2, 0.25) is 0 Å². The summed E-state index contributed by atoms with van der Waals surface area (Å²) in [6.07, 6.45) is 8.41. The summed E-state index contributed by atoms with van der Waals surface area (Å²) in [5, 5.41) is 9.21. The molecule has 5 heteroatoms. The van der Waals surface area contributed by atoms with Crippen molar-refractivity contribution in [2.75, 3.05) is 37.6 Å². The molecule has 0 spiro atoms. The van der Waals surface area contributed by atoms with Crippen LogP contribution in [0, 0.1) is 23.2 Å². The van der Waals surface area contributed by atoms with Crippen LogP contribution in [0.25, 0.3) is 0 Å². The first-order valence-corrected chi connectivity index (χ1v) is 8.44. The Kier molecular flexibility index (Phi) is 4.89. The second-order valence-electron chi connectivity index (χ2n) is 6.78. The Labute approximate surface area is 133 Å². The van der Waals surface area contributed by atoms with E-state index in [0.717, 1.165) is 24.8 Å². The Balaban J connectivity index is 1.61. The largest absolute Gasteiger partial charge is 0.354 e.